The molecule has 1 N–H and O–H groups in total. The largest absolute Gasteiger partial charge is 0.322 e. The number of hydrogen-bond acceptors (Lipinski definition) is 5. The Kier molecular flexibility index (Phi) is 4.51. The van der Waals surface area contributed by atoms with Crippen molar-refractivity contribution in [3.05, 3.63) is 81.9 Å². The Bertz CT molecular complexity index is 905. The molecule has 0 atom stereocenters. The lowest BCUT2D eigenvalue weighted by Gasteiger charge is -2.07. The van der Waals surface area contributed by atoms with Crippen LogP contribution in [0.3, 0.4) is 0 Å². The summed E-state index contributed by atoms with van der Waals surface area (Å²) in [4.78, 5) is 26.7. The molecule has 8 nitrogen and oxygen atoms in total. The smallest absolute Gasteiger partial charge is 0.274 e. The molecule has 1 amide bonds. The topological polar surface area (TPSA) is 103 Å². The number of nitro benzene ring substituents is 1. The molecule has 8 heteroatoms. The van der Waals surface area contributed by atoms with Gasteiger partial charge in [-0.2, -0.15) is 5.10 Å². The highest BCUT2D eigenvalue weighted by atomic mass is 16.6. The molecular formula is C17H15N5O3. The van der Waals surface area contributed by atoms with E-state index in [9.17, 15) is 14.9 Å². The Balaban J connectivity index is 1.71. The van der Waals surface area contributed by atoms with Gasteiger partial charge in [-0.15, -0.1) is 0 Å². The van der Waals surface area contributed by atoms with Crippen molar-refractivity contribution in [1.82, 2.24) is 14.8 Å². The lowest BCUT2D eigenvalue weighted by molar-refractivity contribution is -0.385. The van der Waals surface area contributed by atoms with Gasteiger partial charge in [-0.25, -0.2) is 9.67 Å². The van der Waals surface area contributed by atoms with Gasteiger partial charge in [0.1, 0.15) is 12.7 Å². The highest BCUT2D eigenvalue weighted by Gasteiger charge is 2.13. The molecule has 1 heterocycles. The lowest BCUT2D eigenvalue weighted by atomic mass is 10.1. The fourth-order valence-electron chi connectivity index (χ4n) is 2.35. The molecule has 0 radical (unpaired) electrons. The van der Waals surface area contributed by atoms with Gasteiger partial charge in [0.2, 0.25) is 0 Å². The number of amides is 1. The summed E-state index contributed by atoms with van der Waals surface area (Å²) in [6, 6.07) is 11.7. The van der Waals surface area contributed by atoms with Crippen molar-refractivity contribution in [2.45, 2.75) is 13.5 Å². The molecule has 0 saturated heterocycles. The van der Waals surface area contributed by atoms with Crippen LogP contribution >= 0.6 is 0 Å². The molecule has 0 unspecified atom stereocenters. The Labute approximate surface area is 143 Å². The molecule has 0 saturated carbocycles. The normalized spacial score (nSPS) is 10.4. The van der Waals surface area contributed by atoms with E-state index in [-0.39, 0.29) is 11.6 Å². The highest BCUT2D eigenvalue weighted by Crippen LogP contribution is 2.22. The van der Waals surface area contributed by atoms with Crippen molar-refractivity contribution >= 4 is 17.3 Å². The Morgan fingerprint density at radius 2 is 2.00 bits per heavy atom. The fourth-order valence-corrected chi connectivity index (χ4v) is 2.35. The van der Waals surface area contributed by atoms with E-state index >= 15 is 0 Å². The maximum atomic E-state index is 12.3. The van der Waals surface area contributed by atoms with E-state index in [1.165, 1.54) is 12.4 Å². The maximum absolute atomic E-state index is 12.3. The van der Waals surface area contributed by atoms with E-state index in [4.69, 9.17) is 0 Å². The first-order valence-corrected chi connectivity index (χ1v) is 7.50. The number of nitro groups is 1. The average molecular weight is 337 g/mol. The fraction of sp³-hybridized carbons (Fsp3) is 0.118. The number of nitrogens with zero attached hydrogens (tertiary/aromatic N) is 4. The Hall–Kier alpha value is -3.55. The maximum Gasteiger partial charge on any atom is 0.274 e. The predicted molar refractivity (Wildman–Crippen MR) is 91.4 cm³/mol. The Morgan fingerprint density at radius 1 is 1.24 bits per heavy atom. The summed E-state index contributed by atoms with van der Waals surface area (Å²) < 4.78 is 1.68. The number of carbonyl (C=O) groups excluding carboxylic acids is 1. The van der Waals surface area contributed by atoms with Crippen molar-refractivity contribution in [3.8, 4) is 0 Å². The van der Waals surface area contributed by atoms with Crippen LogP contribution < -0.4 is 5.32 Å². The van der Waals surface area contributed by atoms with E-state index in [0.29, 0.717) is 23.4 Å². The molecule has 0 aliphatic heterocycles. The van der Waals surface area contributed by atoms with Crippen LogP contribution in [0.4, 0.5) is 11.4 Å². The summed E-state index contributed by atoms with van der Waals surface area (Å²) in [6.45, 7) is 2.21. The molecule has 0 fully saturated rings. The molecule has 1 aromatic heterocycles. The first-order valence-electron chi connectivity index (χ1n) is 7.50. The van der Waals surface area contributed by atoms with E-state index in [0.717, 1.165) is 5.56 Å². The van der Waals surface area contributed by atoms with Crippen LogP contribution in [0.2, 0.25) is 0 Å². The third kappa shape index (κ3) is 3.86. The summed E-state index contributed by atoms with van der Waals surface area (Å²) in [5, 5.41) is 17.7. The highest BCUT2D eigenvalue weighted by molar-refractivity contribution is 6.04. The van der Waals surface area contributed by atoms with Crippen LogP contribution in [0.25, 0.3) is 0 Å². The van der Waals surface area contributed by atoms with Crippen molar-refractivity contribution in [1.29, 1.82) is 0 Å². The van der Waals surface area contributed by atoms with Crippen LogP contribution in [0.5, 0.6) is 0 Å². The molecule has 0 aliphatic carbocycles. The van der Waals surface area contributed by atoms with Crippen LogP contribution in [0.1, 0.15) is 21.5 Å². The van der Waals surface area contributed by atoms with Crippen molar-refractivity contribution in [2.24, 2.45) is 0 Å². The van der Waals surface area contributed by atoms with Gasteiger partial charge in [-0.05, 0) is 30.7 Å². The standard InChI is InChI=1S/C17H15N5O3/c1-12-2-7-15(8-16(12)22(24)25)20-17(23)14-5-3-13(4-6-14)9-21-11-18-10-19-21/h2-8,10-11H,9H2,1H3,(H,20,23). The number of anilines is 1. The molecular weight excluding hydrogens is 322 g/mol. The van der Waals surface area contributed by atoms with Crippen LogP contribution in [0.15, 0.2) is 55.1 Å². The van der Waals surface area contributed by atoms with Crippen molar-refractivity contribution in [2.75, 3.05) is 5.32 Å². The van der Waals surface area contributed by atoms with Crippen molar-refractivity contribution in [3.63, 3.8) is 0 Å². The minimum Gasteiger partial charge on any atom is -0.322 e. The quantitative estimate of drug-likeness (QED) is 0.569. The third-order valence-electron chi connectivity index (χ3n) is 3.69. The molecule has 0 bridgehead atoms. The van der Waals surface area contributed by atoms with Crippen LogP contribution in [-0.2, 0) is 6.54 Å². The second-order valence-corrected chi connectivity index (χ2v) is 5.50. The number of nitrogens with one attached hydrogen (secondary N) is 1. The first-order chi connectivity index (χ1) is 12.0. The van der Waals surface area contributed by atoms with E-state index in [2.05, 4.69) is 15.4 Å². The molecule has 0 spiro atoms. The van der Waals surface area contributed by atoms with Gasteiger partial charge in [0.05, 0.1) is 11.5 Å². The SMILES string of the molecule is Cc1ccc(NC(=O)c2ccc(Cn3cncn3)cc2)cc1[N+](=O)[O-]. The van der Waals surface area contributed by atoms with E-state index in [1.807, 2.05) is 12.1 Å². The van der Waals surface area contributed by atoms with Gasteiger partial charge >= 0.3 is 0 Å². The first kappa shape index (κ1) is 16.3. The predicted octanol–water partition coefficient (Wildman–Crippen LogP) is 2.80. The van der Waals surface area contributed by atoms with Crippen LogP contribution in [-0.4, -0.2) is 25.6 Å². The van der Waals surface area contributed by atoms with Crippen LogP contribution in [0, 0.1) is 17.0 Å². The summed E-state index contributed by atoms with van der Waals surface area (Å²) in [7, 11) is 0. The molecule has 0 aliphatic rings. The van der Waals surface area contributed by atoms with Gasteiger partial charge in [0.15, 0.2) is 0 Å². The van der Waals surface area contributed by atoms with Gasteiger partial charge < -0.3 is 5.32 Å². The summed E-state index contributed by atoms with van der Waals surface area (Å²) in [5.41, 5.74) is 2.34. The van der Waals surface area contributed by atoms with E-state index in [1.54, 1.807) is 42.2 Å². The van der Waals surface area contributed by atoms with Gasteiger partial charge in [-0.3, -0.25) is 14.9 Å². The van der Waals surface area contributed by atoms with Gasteiger partial charge in [0, 0.05) is 22.9 Å². The van der Waals surface area contributed by atoms with E-state index < -0.39 is 4.92 Å². The monoisotopic (exact) mass is 337 g/mol. The van der Waals surface area contributed by atoms with Gasteiger partial charge in [0.25, 0.3) is 11.6 Å². The number of hydrogen-bond donors (Lipinski definition) is 1. The molecule has 3 aromatic rings. The van der Waals surface area contributed by atoms with Gasteiger partial charge in [-0.1, -0.05) is 18.2 Å². The number of aryl methyl sites for hydroxylation is 1. The minimum atomic E-state index is -0.468. The summed E-state index contributed by atoms with van der Waals surface area (Å²) in [5.74, 6) is -0.328. The lowest BCUT2D eigenvalue weighted by Crippen LogP contribution is -2.12. The zero-order chi connectivity index (χ0) is 17.8. The number of rotatable bonds is 5. The number of carbonyl (C=O) groups is 1. The second-order valence-electron chi connectivity index (χ2n) is 5.50. The summed E-state index contributed by atoms with van der Waals surface area (Å²) >= 11 is 0. The third-order valence-corrected chi connectivity index (χ3v) is 3.69. The number of benzene rings is 2. The average Bonchev–Trinajstić information content (AvgIpc) is 3.10. The molecule has 25 heavy (non-hydrogen) atoms. The van der Waals surface area contributed by atoms with Crippen molar-refractivity contribution < 1.29 is 9.72 Å². The zero-order valence-corrected chi connectivity index (χ0v) is 13.4. The molecule has 2 aromatic carbocycles. The second kappa shape index (κ2) is 6.91. The Morgan fingerprint density at radius 3 is 2.64 bits per heavy atom. The summed E-state index contributed by atoms with van der Waals surface area (Å²) in [6.07, 6.45) is 3.08. The zero-order valence-electron chi connectivity index (χ0n) is 13.4. The molecule has 3 rings (SSSR count). The molecule has 126 valence electrons. The number of aromatic nitrogens is 3. The minimum absolute atomic E-state index is 0.0269.